The number of aliphatic hydroxyl groups excluding tert-OH is 1. The Bertz CT molecular complexity index is 789. The number of aliphatic hydroxyl groups is 1. The van der Waals surface area contributed by atoms with Gasteiger partial charge >= 0.3 is 0 Å². The number of phosphoric acid groups is 1. The molecule has 0 aromatic rings. The number of nitrogens with zero attached hydrogens (tertiary/aromatic N) is 1. The predicted molar refractivity (Wildman–Crippen MR) is 159 cm³/mol. The van der Waals surface area contributed by atoms with Gasteiger partial charge < -0.3 is 28.8 Å². The summed E-state index contributed by atoms with van der Waals surface area (Å²) in [6, 6.07) is -0.895. The van der Waals surface area contributed by atoms with Crippen molar-refractivity contribution >= 4 is 13.7 Å². The lowest BCUT2D eigenvalue weighted by atomic mass is 10.1. The molecule has 3 unspecified atom stereocenters. The Morgan fingerprint density at radius 2 is 1.56 bits per heavy atom. The number of hydrogen-bond donors (Lipinski definition) is 2. The standard InChI is InChI=1S/C30H55N2O6P/c1-6-8-10-12-13-14-15-16-17-18-19-20-22-24-30(34)31-28(29(33)23-21-11-9-7-2)27-38-39(35,36)37-26-25-32(3,4)5/h8,10,13-14,16-17,21,23,28-29,33H,6-7,9,11-12,15,18-20,22,24-27H2,1-5H3,(H-,31,34,35,36)/b10-8-,14-13-,17-16-,23-21+. The van der Waals surface area contributed by atoms with Gasteiger partial charge in [0, 0.05) is 6.42 Å². The Hall–Kier alpha value is -1.54. The van der Waals surface area contributed by atoms with E-state index in [1.54, 1.807) is 6.08 Å². The maximum atomic E-state index is 12.5. The van der Waals surface area contributed by atoms with Crippen LogP contribution in [-0.4, -0.2) is 68.5 Å². The van der Waals surface area contributed by atoms with E-state index in [9.17, 15) is 19.4 Å². The number of likely N-dealkylation sites (N-methyl/N-ethyl adjacent to an activating group) is 1. The summed E-state index contributed by atoms with van der Waals surface area (Å²) in [4.78, 5) is 24.7. The largest absolute Gasteiger partial charge is 0.756 e. The molecular weight excluding hydrogens is 515 g/mol. The predicted octanol–water partition coefficient (Wildman–Crippen LogP) is 5.60. The van der Waals surface area contributed by atoms with Crippen LogP contribution in [-0.2, 0) is 18.4 Å². The molecule has 0 aliphatic carbocycles. The molecule has 0 heterocycles. The molecule has 0 aromatic carbocycles. The highest BCUT2D eigenvalue weighted by Crippen LogP contribution is 2.38. The van der Waals surface area contributed by atoms with Crippen LogP contribution in [0.3, 0.4) is 0 Å². The normalized spacial score (nSPS) is 16.0. The Labute approximate surface area is 238 Å². The van der Waals surface area contributed by atoms with Crippen LogP contribution in [0.2, 0.25) is 0 Å². The van der Waals surface area contributed by atoms with Crippen molar-refractivity contribution in [1.82, 2.24) is 5.32 Å². The molecule has 0 bridgehead atoms. The number of carbonyl (C=O) groups is 1. The van der Waals surface area contributed by atoms with Crippen LogP contribution in [0.15, 0.2) is 48.6 Å². The van der Waals surface area contributed by atoms with Crippen LogP contribution in [0, 0.1) is 0 Å². The minimum absolute atomic E-state index is 0.0106. The van der Waals surface area contributed by atoms with Crippen molar-refractivity contribution in [2.24, 2.45) is 0 Å². The minimum Gasteiger partial charge on any atom is -0.756 e. The average molecular weight is 571 g/mol. The fraction of sp³-hybridized carbons (Fsp3) is 0.700. The summed E-state index contributed by atoms with van der Waals surface area (Å²) in [5.74, 6) is -0.242. The first-order valence-electron chi connectivity index (χ1n) is 14.5. The number of amides is 1. The van der Waals surface area contributed by atoms with Crippen molar-refractivity contribution < 1.29 is 32.9 Å². The molecule has 39 heavy (non-hydrogen) atoms. The third-order valence-corrected chi connectivity index (χ3v) is 6.76. The monoisotopic (exact) mass is 570 g/mol. The first kappa shape index (κ1) is 37.5. The Balaban J connectivity index is 4.55. The van der Waals surface area contributed by atoms with E-state index in [0.717, 1.165) is 57.8 Å². The summed E-state index contributed by atoms with van der Waals surface area (Å²) < 4.78 is 22.7. The average Bonchev–Trinajstić information content (AvgIpc) is 2.86. The second-order valence-electron chi connectivity index (χ2n) is 10.7. The molecule has 0 saturated heterocycles. The molecule has 0 spiro atoms. The second-order valence-corrected chi connectivity index (χ2v) is 12.1. The third-order valence-electron chi connectivity index (χ3n) is 5.79. The number of rotatable bonds is 24. The fourth-order valence-electron chi connectivity index (χ4n) is 3.38. The minimum atomic E-state index is -4.56. The summed E-state index contributed by atoms with van der Waals surface area (Å²) in [5, 5.41) is 13.3. The number of hydrogen-bond acceptors (Lipinski definition) is 6. The van der Waals surface area contributed by atoms with E-state index in [2.05, 4.69) is 55.6 Å². The summed E-state index contributed by atoms with van der Waals surface area (Å²) in [7, 11) is 1.22. The van der Waals surface area contributed by atoms with Crippen molar-refractivity contribution in [3.63, 3.8) is 0 Å². The smallest absolute Gasteiger partial charge is 0.268 e. The van der Waals surface area contributed by atoms with E-state index in [4.69, 9.17) is 9.05 Å². The van der Waals surface area contributed by atoms with E-state index in [0.29, 0.717) is 23.9 Å². The number of allylic oxidation sites excluding steroid dienone is 7. The van der Waals surface area contributed by atoms with E-state index in [1.165, 1.54) is 0 Å². The zero-order chi connectivity index (χ0) is 29.4. The molecule has 8 nitrogen and oxygen atoms in total. The Kier molecular flexibility index (Phi) is 22.3. The van der Waals surface area contributed by atoms with E-state index < -0.39 is 26.6 Å². The van der Waals surface area contributed by atoms with Crippen LogP contribution in [0.4, 0.5) is 0 Å². The molecule has 0 aliphatic rings. The molecule has 0 aromatic heterocycles. The molecular formula is C30H55N2O6P. The maximum Gasteiger partial charge on any atom is 0.268 e. The summed E-state index contributed by atoms with van der Waals surface area (Å²) in [5.41, 5.74) is 0. The van der Waals surface area contributed by atoms with Gasteiger partial charge in [-0.25, -0.2) is 0 Å². The Morgan fingerprint density at radius 3 is 2.21 bits per heavy atom. The van der Waals surface area contributed by atoms with Crippen LogP contribution in [0.1, 0.15) is 84.5 Å². The van der Waals surface area contributed by atoms with E-state index >= 15 is 0 Å². The van der Waals surface area contributed by atoms with Crippen molar-refractivity contribution in [3.05, 3.63) is 48.6 Å². The van der Waals surface area contributed by atoms with Crippen LogP contribution in [0.25, 0.3) is 0 Å². The molecule has 1 amide bonds. The molecule has 3 atom stereocenters. The fourth-order valence-corrected chi connectivity index (χ4v) is 4.11. The molecule has 0 aliphatic heterocycles. The van der Waals surface area contributed by atoms with Crippen LogP contribution < -0.4 is 10.2 Å². The number of unbranched alkanes of at least 4 members (excludes halogenated alkanes) is 5. The molecule has 226 valence electrons. The van der Waals surface area contributed by atoms with Gasteiger partial charge in [-0.15, -0.1) is 0 Å². The van der Waals surface area contributed by atoms with Crippen molar-refractivity contribution in [2.45, 2.75) is 96.6 Å². The van der Waals surface area contributed by atoms with Gasteiger partial charge in [-0.3, -0.25) is 9.36 Å². The lowest BCUT2D eigenvalue weighted by Gasteiger charge is -2.29. The van der Waals surface area contributed by atoms with Crippen molar-refractivity contribution in [2.75, 3.05) is 40.9 Å². The van der Waals surface area contributed by atoms with Gasteiger partial charge in [-0.2, -0.15) is 0 Å². The van der Waals surface area contributed by atoms with Crippen molar-refractivity contribution in [3.8, 4) is 0 Å². The second kappa shape index (κ2) is 23.2. The number of nitrogens with one attached hydrogen (secondary N) is 1. The van der Waals surface area contributed by atoms with E-state index in [1.807, 2.05) is 27.2 Å². The van der Waals surface area contributed by atoms with Gasteiger partial charge in [-0.1, -0.05) is 81.7 Å². The first-order chi connectivity index (χ1) is 18.5. The maximum absolute atomic E-state index is 12.5. The zero-order valence-corrected chi connectivity index (χ0v) is 26.0. The highest BCUT2D eigenvalue weighted by atomic mass is 31.2. The lowest BCUT2D eigenvalue weighted by Crippen LogP contribution is -2.45. The van der Waals surface area contributed by atoms with Crippen LogP contribution >= 0.6 is 7.82 Å². The third kappa shape index (κ3) is 25.2. The molecule has 9 heteroatoms. The van der Waals surface area contributed by atoms with Gasteiger partial charge in [0.15, 0.2) is 0 Å². The molecule has 2 N–H and O–H groups in total. The SMILES string of the molecule is CC/C=C\C/C=C\C/C=C\CCCCCC(=O)NC(COP(=O)([O-])OCC[N+](C)(C)C)C(O)/C=C/CCCC. The topological polar surface area (TPSA) is 108 Å². The summed E-state index contributed by atoms with van der Waals surface area (Å²) in [6.45, 7) is 4.28. The van der Waals surface area contributed by atoms with Gasteiger partial charge in [0.1, 0.15) is 13.2 Å². The molecule has 0 rings (SSSR count). The Morgan fingerprint density at radius 1 is 0.923 bits per heavy atom. The summed E-state index contributed by atoms with van der Waals surface area (Å²) in [6.07, 6.45) is 25.0. The van der Waals surface area contributed by atoms with Gasteiger partial charge in [-0.05, 0) is 44.9 Å². The summed E-state index contributed by atoms with van der Waals surface area (Å²) >= 11 is 0. The van der Waals surface area contributed by atoms with E-state index in [-0.39, 0.29) is 12.5 Å². The first-order valence-corrected chi connectivity index (χ1v) is 16.0. The van der Waals surface area contributed by atoms with Crippen LogP contribution in [0.5, 0.6) is 0 Å². The lowest BCUT2D eigenvalue weighted by molar-refractivity contribution is -0.870. The highest BCUT2D eigenvalue weighted by Gasteiger charge is 2.23. The number of carbonyl (C=O) groups excluding carboxylic acids is 1. The number of quaternary nitrogens is 1. The molecule has 0 saturated carbocycles. The number of phosphoric ester groups is 1. The van der Waals surface area contributed by atoms with Gasteiger partial charge in [0.2, 0.25) is 5.91 Å². The van der Waals surface area contributed by atoms with Gasteiger partial charge in [0.25, 0.3) is 7.82 Å². The van der Waals surface area contributed by atoms with Gasteiger partial charge in [0.05, 0.1) is 39.9 Å². The highest BCUT2D eigenvalue weighted by molar-refractivity contribution is 7.45. The van der Waals surface area contributed by atoms with Crippen molar-refractivity contribution in [1.29, 1.82) is 0 Å². The zero-order valence-electron chi connectivity index (χ0n) is 25.1. The quantitative estimate of drug-likeness (QED) is 0.0677. The molecule has 0 radical (unpaired) electrons. The molecule has 0 fully saturated rings.